The Bertz CT molecular complexity index is 854. The second kappa shape index (κ2) is 5.96. The highest BCUT2D eigenvalue weighted by molar-refractivity contribution is 6.09. The number of phenols is 1. The van der Waals surface area contributed by atoms with Crippen molar-refractivity contribution in [3.05, 3.63) is 65.4 Å². The lowest BCUT2D eigenvalue weighted by Gasteiger charge is -2.08. The van der Waals surface area contributed by atoms with Crippen molar-refractivity contribution in [3.63, 3.8) is 0 Å². The molecule has 1 aromatic heterocycles. The molecule has 0 aliphatic heterocycles. The zero-order valence-corrected chi connectivity index (χ0v) is 12.8. The molecule has 0 unspecified atom stereocenters. The van der Waals surface area contributed by atoms with E-state index in [1.54, 1.807) is 19.1 Å². The van der Waals surface area contributed by atoms with E-state index in [2.05, 4.69) is 10.5 Å². The van der Waals surface area contributed by atoms with Gasteiger partial charge in [-0.05, 0) is 31.5 Å². The number of carbonyl (C=O) groups excluding carboxylic acids is 1. The van der Waals surface area contributed by atoms with Crippen molar-refractivity contribution in [3.8, 4) is 17.0 Å². The number of hydrogen-bond acceptors (Lipinski definition) is 4. The van der Waals surface area contributed by atoms with E-state index in [0.29, 0.717) is 22.7 Å². The van der Waals surface area contributed by atoms with Crippen molar-refractivity contribution >= 4 is 11.6 Å². The molecule has 0 aliphatic rings. The Labute approximate surface area is 133 Å². The van der Waals surface area contributed by atoms with Crippen molar-refractivity contribution < 1.29 is 14.4 Å². The van der Waals surface area contributed by atoms with Crippen molar-refractivity contribution in [2.24, 2.45) is 0 Å². The maximum absolute atomic E-state index is 12.6. The minimum atomic E-state index is -0.373. The number of aromatic nitrogens is 1. The van der Waals surface area contributed by atoms with Gasteiger partial charge < -0.3 is 14.9 Å². The molecule has 0 atom stereocenters. The molecular weight excluding hydrogens is 292 g/mol. The zero-order chi connectivity index (χ0) is 16.4. The molecule has 0 saturated carbocycles. The number of rotatable bonds is 3. The van der Waals surface area contributed by atoms with E-state index in [9.17, 15) is 9.90 Å². The van der Waals surface area contributed by atoms with Crippen molar-refractivity contribution in [1.29, 1.82) is 0 Å². The average molecular weight is 308 g/mol. The van der Waals surface area contributed by atoms with E-state index in [1.165, 1.54) is 0 Å². The second-order valence-corrected chi connectivity index (χ2v) is 5.30. The van der Waals surface area contributed by atoms with Crippen LogP contribution in [-0.4, -0.2) is 16.2 Å². The fourth-order valence-electron chi connectivity index (χ4n) is 2.36. The number of phenolic OH excluding ortho intramolecular Hbond substituents is 1. The van der Waals surface area contributed by atoms with Gasteiger partial charge in [0.1, 0.15) is 22.8 Å². The molecule has 0 saturated heterocycles. The van der Waals surface area contributed by atoms with Gasteiger partial charge in [0.2, 0.25) is 0 Å². The smallest absolute Gasteiger partial charge is 0.261 e. The third-order valence-corrected chi connectivity index (χ3v) is 3.54. The van der Waals surface area contributed by atoms with Gasteiger partial charge in [-0.25, -0.2) is 0 Å². The van der Waals surface area contributed by atoms with Crippen molar-refractivity contribution in [2.75, 3.05) is 5.32 Å². The first-order valence-corrected chi connectivity index (χ1v) is 7.19. The number of nitrogens with one attached hydrogen (secondary N) is 1. The van der Waals surface area contributed by atoms with Crippen LogP contribution in [0.4, 0.5) is 5.69 Å². The largest absolute Gasteiger partial charge is 0.506 e. The Kier molecular flexibility index (Phi) is 3.85. The van der Waals surface area contributed by atoms with Crippen LogP contribution in [0.5, 0.6) is 5.75 Å². The van der Waals surface area contributed by atoms with E-state index >= 15 is 0 Å². The Morgan fingerprint density at radius 3 is 2.57 bits per heavy atom. The number of aryl methyl sites for hydroxylation is 2. The van der Waals surface area contributed by atoms with Gasteiger partial charge in [-0.3, -0.25) is 4.79 Å². The van der Waals surface area contributed by atoms with Crippen LogP contribution in [0, 0.1) is 13.8 Å². The lowest BCUT2D eigenvalue weighted by atomic mass is 10.1. The molecule has 2 aromatic carbocycles. The number of carbonyl (C=O) groups is 1. The summed E-state index contributed by atoms with van der Waals surface area (Å²) < 4.78 is 5.18. The van der Waals surface area contributed by atoms with Crippen LogP contribution in [0.25, 0.3) is 11.3 Å². The molecule has 3 aromatic rings. The van der Waals surface area contributed by atoms with Crippen LogP contribution in [0.3, 0.4) is 0 Å². The number of anilines is 1. The van der Waals surface area contributed by atoms with Crippen LogP contribution in [0.15, 0.2) is 53.1 Å². The summed E-state index contributed by atoms with van der Waals surface area (Å²) in [5.41, 5.74) is 2.89. The highest BCUT2D eigenvalue weighted by Gasteiger charge is 2.22. The average Bonchev–Trinajstić information content (AvgIpc) is 2.93. The molecule has 0 fully saturated rings. The van der Waals surface area contributed by atoms with E-state index in [4.69, 9.17) is 4.52 Å². The first kappa shape index (κ1) is 14.8. The molecule has 1 amide bonds. The summed E-state index contributed by atoms with van der Waals surface area (Å²) in [6.07, 6.45) is 0. The van der Waals surface area contributed by atoms with Gasteiger partial charge in [-0.1, -0.05) is 41.6 Å². The second-order valence-electron chi connectivity index (χ2n) is 5.30. The monoisotopic (exact) mass is 308 g/mol. The summed E-state index contributed by atoms with van der Waals surface area (Å²) in [4.78, 5) is 12.6. The first-order chi connectivity index (χ1) is 11.1. The highest BCUT2D eigenvalue weighted by Crippen LogP contribution is 2.28. The molecule has 0 aliphatic carbocycles. The predicted octanol–water partition coefficient (Wildman–Crippen LogP) is 3.92. The zero-order valence-electron chi connectivity index (χ0n) is 12.8. The fraction of sp³-hybridized carbons (Fsp3) is 0.111. The van der Waals surface area contributed by atoms with Gasteiger partial charge in [0, 0.05) is 5.56 Å². The number of benzene rings is 2. The quantitative estimate of drug-likeness (QED) is 0.719. The number of hydrogen-bond donors (Lipinski definition) is 2. The van der Waals surface area contributed by atoms with Gasteiger partial charge >= 0.3 is 0 Å². The molecule has 23 heavy (non-hydrogen) atoms. The van der Waals surface area contributed by atoms with Gasteiger partial charge in [-0.2, -0.15) is 0 Å². The Balaban J connectivity index is 1.96. The van der Waals surface area contributed by atoms with E-state index in [0.717, 1.165) is 11.1 Å². The summed E-state index contributed by atoms with van der Waals surface area (Å²) in [6, 6.07) is 14.4. The minimum Gasteiger partial charge on any atom is -0.506 e. The Morgan fingerprint density at radius 2 is 1.87 bits per heavy atom. The molecule has 3 rings (SSSR count). The molecule has 5 nitrogen and oxygen atoms in total. The van der Waals surface area contributed by atoms with E-state index in [1.807, 2.05) is 43.3 Å². The van der Waals surface area contributed by atoms with E-state index < -0.39 is 0 Å². The van der Waals surface area contributed by atoms with E-state index in [-0.39, 0.29) is 11.7 Å². The molecule has 0 spiro atoms. The van der Waals surface area contributed by atoms with Crippen LogP contribution in [0.1, 0.15) is 21.7 Å². The summed E-state index contributed by atoms with van der Waals surface area (Å²) in [7, 11) is 0. The highest BCUT2D eigenvalue weighted by atomic mass is 16.5. The van der Waals surface area contributed by atoms with Crippen LogP contribution in [0.2, 0.25) is 0 Å². The number of nitrogens with zero attached hydrogens (tertiary/aromatic N) is 1. The van der Waals surface area contributed by atoms with Crippen LogP contribution in [-0.2, 0) is 0 Å². The maximum Gasteiger partial charge on any atom is 0.261 e. The molecule has 0 bridgehead atoms. The van der Waals surface area contributed by atoms with Crippen LogP contribution < -0.4 is 5.32 Å². The Hall–Kier alpha value is -3.08. The third kappa shape index (κ3) is 2.94. The maximum atomic E-state index is 12.6. The first-order valence-electron chi connectivity index (χ1n) is 7.19. The summed E-state index contributed by atoms with van der Waals surface area (Å²) in [5, 5.41) is 16.6. The molecule has 116 valence electrons. The molecule has 0 radical (unpaired) electrons. The summed E-state index contributed by atoms with van der Waals surface area (Å²) in [6.45, 7) is 3.55. The summed E-state index contributed by atoms with van der Waals surface area (Å²) >= 11 is 0. The SMILES string of the molecule is Cc1ccc(NC(=O)c2c(-c3ccccc3)noc2C)c(O)c1. The van der Waals surface area contributed by atoms with Gasteiger partial charge in [0.15, 0.2) is 0 Å². The lowest BCUT2D eigenvalue weighted by Crippen LogP contribution is -2.13. The predicted molar refractivity (Wildman–Crippen MR) is 87.5 cm³/mol. The van der Waals surface area contributed by atoms with Gasteiger partial charge in [0.05, 0.1) is 5.69 Å². The standard InChI is InChI=1S/C18H16N2O3/c1-11-8-9-14(15(21)10-11)19-18(22)16-12(2)23-20-17(16)13-6-4-3-5-7-13/h3-10,21H,1-2H3,(H,19,22). The Morgan fingerprint density at radius 1 is 1.13 bits per heavy atom. The molecule has 2 N–H and O–H groups in total. The van der Waals surface area contributed by atoms with Gasteiger partial charge in [0.25, 0.3) is 5.91 Å². The van der Waals surface area contributed by atoms with Crippen LogP contribution >= 0.6 is 0 Å². The molecule has 1 heterocycles. The molecule has 5 heteroatoms. The topological polar surface area (TPSA) is 75.4 Å². The lowest BCUT2D eigenvalue weighted by molar-refractivity contribution is 0.102. The number of amides is 1. The van der Waals surface area contributed by atoms with Crippen molar-refractivity contribution in [1.82, 2.24) is 5.16 Å². The normalized spacial score (nSPS) is 10.5. The summed E-state index contributed by atoms with van der Waals surface area (Å²) in [5.74, 6) is 0.0726. The minimum absolute atomic E-state index is 0.0220. The fourth-order valence-corrected chi connectivity index (χ4v) is 2.36. The number of aromatic hydroxyl groups is 1. The van der Waals surface area contributed by atoms with Gasteiger partial charge in [-0.15, -0.1) is 0 Å². The molecular formula is C18H16N2O3. The van der Waals surface area contributed by atoms with Crippen molar-refractivity contribution in [2.45, 2.75) is 13.8 Å². The third-order valence-electron chi connectivity index (χ3n) is 3.54.